The molecule has 0 radical (unpaired) electrons. The van der Waals surface area contributed by atoms with Crippen LogP contribution in [-0.4, -0.2) is 57.7 Å². The summed E-state index contributed by atoms with van der Waals surface area (Å²) in [5.74, 6) is 0.275. The van der Waals surface area contributed by atoms with Gasteiger partial charge in [-0.3, -0.25) is 0 Å². The minimum absolute atomic E-state index is 0.103. The molecule has 7 nitrogen and oxygen atoms in total. The molecule has 0 bridgehead atoms. The van der Waals surface area contributed by atoms with E-state index in [-0.39, 0.29) is 23.3 Å². The Bertz CT molecular complexity index is 504. The summed E-state index contributed by atoms with van der Waals surface area (Å²) in [5, 5.41) is 0. The van der Waals surface area contributed by atoms with Crippen LogP contribution in [0.4, 0.5) is 5.82 Å². The number of pyridine rings is 1. The van der Waals surface area contributed by atoms with Gasteiger partial charge in [0.25, 0.3) is 0 Å². The quantitative estimate of drug-likeness (QED) is 0.744. The van der Waals surface area contributed by atoms with Gasteiger partial charge in [-0.1, -0.05) is 0 Å². The zero-order chi connectivity index (χ0) is 15.2. The maximum Gasteiger partial charge on any atom is 0.245 e. The van der Waals surface area contributed by atoms with Crippen molar-refractivity contribution in [2.45, 2.75) is 17.9 Å². The Morgan fingerprint density at radius 1 is 1.35 bits per heavy atom. The predicted octanol–water partition coefficient (Wildman–Crippen LogP) is 0.336. The summed E-state index contributed by atoms with van der Waals surface area (Å²) >= 11 is 0. The second-order valence-corrected chi connectivity index (χ2v) is 6.22. The number of nitrogens with two attached hydrogens (primary N) is 1. The first kappa shape index (κ1) is 16.8. The molecule has 20 heavy (non-hydrogen) atoms. The fourth-order valence-electron chi connectivity index (χ4n) is 1.76. The van der Waals surface area contributed by atoms with Gasteiger partial charge in [0.05, 0.1) is 13.2 Å². The first-order valence-corrected chi connectivity index (χ1v) is 7.58. The lowest BCUT2D eigenvalue weighted by atomic mass is 10.3. The third-order valence-electron chi connectivity index (χ3n) is 2.78. The van der Waals surface area contributed by atoms with Crippen molar-refractivity contribution in [1.82, 2.24) is 9.29 Å². The molecule has 1 rings (SSSR count). The van der Waals surface area contributed by atoms with Crippen LogP contribution in [0.5, 0.6) is 0 Å². The summed E-state index contributed by atoms with van der Waals surface area (Å²) in [4.78, 5) is 3.93. The summed E-state index contributed by atoms with van der Waals surface area (Å²) in [6.07, 6.45) is 1.25. The molecule has 1 aromatic rings. The Hall–Kier alpha value is -1.22. The van der Waals surface area contributed by atoms with Crippen LogP contribution in [0.2, 0.25) is 0 Å². The molecule has 8 heteroatoms. The standard InChI is InChI=1S/C12H21N3O4S/c1-10(9-19-3)15(6-7-18-2)20(16,17)11-4-5-12(13)14-8-11/h4-5,8,10H,6-7,9H2,1-3H3,(H2,13,14). The number of rotatable bonds is 8. The highest BCUT2D eigenvalue weighted by Crippen LogP contribution is 2.18. The van der Waals surface area contributed by atoms with Gasteiger partial charge >= 0.3 is 0 Å². The van der Waals surface area contributed by atoms with E-state index in [2.05, 4.69) is 4.98 Å². The topological polar surface area (TPSA) is 94.8 Å². The number of aromatic nitrogens is 1. The van der Waals surface area contributed by atoms with Gasteiger partial charge in [0.2, 0.25) is 10.0 Å². The van der Waals surface area contributed by atoms with Gasteiger partial charge in [-0.05, 0) is 19.1 Å². The number of nitrogens with zero attached hydrogens (tertiary/aromatic N) is 2. The summed E-state index contributed by atoms with van der Waals surface area (Å²) in [7, 11) is -0.602. The monoisotopic (exact) mass is 303 g/mol. The average molecular weight is 303 g/mol. The molecule has 0 saturated heterocycles. The lowest BCUT2D eigenvalue weighted by Gasteiger charge is -2.27. The molecule has 0 spiro atoms. The minimum Gasteiger partial charge on any atom is -0.384 e. The number of hydrogen-bond donors (Lipinski definition) is 1. The first-order valence-electron chi connectivity index (χ1n) is 6.14. The molecule has 0 aliphatic heterocycles. The zero-order valence-corrected chi connectivity index (χ0v) is 12.8. The van der Waals surface area contributed by atoms with Crippen LogP contribution in [0, 0.1) is 0 Å². The molecule has 114 valence electrons. The van der Waals surface area contributed by atoms with E-state index in [4.69, 9.17) is 15.2 Å². The van der Waals surface area contributed by atoms with Crippen molar-refractivity contribution in [1.29, 1.82) is 0 Å². The molecule has 0 amide bonds. The largest absolute Gasteiger partial charge is 0.384 e. The van der Waals surface area contributed by atoms with Crippen molar-refractivity contribution in [2.75, 3.05) is 39.7 Å². The predicted molar refractivity (Wildman–Crippen MR) is 75.8 cm³/mol. The maximum atomic E-state index is 12.6. The van der Waals surface area contributed by atoms with E-state index in [0.29, 0.717) is 13.2 Å². The van der Waals surface area contributed by atoms with Gasteiger partial charge in [-0.2, -0.15) is 4.31 Å². The van der Waals surface area contributed by atoms with Crippen LogP contribution in [0.15, 0.2) is 23.2 Å². The Kier molecular flexibility index (Phi) is 6.34. The smallest absolute Gasteiger partial charge is 0.245 e. The van der Waals surface area contributed by atoms with E-state index in [1.807, 2.05) is 0 Å². The number of ether oxygens (including phenoxy) is 2. The molecule has 0 fully saturated rings. The van der Waals surface area contributed by atoms with Crippen LogP contribution >= 0.6 is 0 Å². The van der Waals surface area contributed by atoms with E-state index in [1.54, 1.807) is 6.92 Å². The van der Waals surface area contributed by atoms with Gasteiger partial charge in [-0.25, -0.2) is 13.4 Å². The highest BCUT2D eigenvalue weighted by atomic mass is 32.2. The molecule has 1 unspecified atom stereocenters. The van der Waals surface area contributed by atoms with Crippen LogP contribution in [0.1, 0.15) is 6.92 Å². The number of sulfonamides is 1. The van der Waals surface area contributed by atoms with Crippen LogP contribution in [-0.2, 0) is 19.5 Å². The lowest BCUT2D eigenvalue weighted by Crippen LogP contribution is -2.42. The third-order valence-corrected chi connectivity index (χ3v) is 4.78. The minimum atomic E-state index is -3.66. The summed E-state index contributed by atoms with van der Waals surface area (Å²) in [6.45, 7) is 2.62. The van der Waals surface area contributed by atoms with Crippen molar-refractivity contribution in [2.24, 2.45) is 0 Å². The summed E-state index contributed by atoms with van der Waals surface area (Å²) in [5.41, 5.74) is 5.47. The van der Waals surface area contributed by atoms with Gasteiger partial charge < -0.3 is 15.2 Å². The van der Waals surface area contributed by atoms with Crippen LogP contribution in [0.25, 0.3) is 0 Å². The summed E-state index contributed by atoms with van der Waals surface area (Å²) < 4.78 is 36.5. The Balaban J connectivity index is 3.06. The maximum absolute atomic E-state index is 12.6. The van der Waals surface area contributed by atoms with Crippen molar-refractivity contribution >= 4 is 15.8 Å². The van der Waals surface area contributed by atoms with Gasteiger partial charge in [0.1, 0.15) is 10.7 Å². The van der Waals surface area contributed by atoms with E-state index in [1.165, 1.54) is 36.9 Å². The molecule has 0 aliphatic rings. The summed E-state index contributed by atoms with van der Waals surface area (Å²) in [6, 6.07) is 2.59. The van der Waals surface area contributed by atoms with E-state index >= 15 is 0 Å². The zero-order valence-electron chi connectivity index (χ0n) is 11.9. The fraction of sp³-hybridized carbons (Fsp3) is 0.583. The molecule has 1 heterocycles. The molecule has 0 aromatic carbocycles. The average Bonchev–Trinajstić information content (AvgIpc) is 2.39. The number of nitrogen functional groups attached to an aromatic ring is 1. The number of hydrogen-bond acceptors (Lipinski definition) is 6. The SMILES string of the molecule is COCCN(C(C)COC)S(=O)(=O)c1ccc(N)nc1. The van der Waals surface area contributed by atoms with Crippen molar-refractivity contribution in [3.63, 3.8) is 0 Å². The third kappa shape index (κ3) is 4.14. The molecule has 0 saturated carbocycles. The van der Waals surface area contributed by atoms with Crippen LogP contribution < -0.4 is 5.73 Å². The van der Waals surface area contributed by atoms with Crippen LogP contribution in [0.3, 0.4) is 0 Å². The first-order chi connectivity index (χ1) is 9.43. The highest BCUT2D eigenvalue weighted by Gasteiger charge is 2.29. The van der Waals surface area contributed by atoms with Gasteiger partial charge in [-0.15, -0.1) is 0 Å². The van der Waals surface area contributed by atoms with Crippen molar-refractivity contribution < 1.29 is 17.9 Å². The second-order valence-electron chi connectivity index (χ2n) is 4.33. The normalized spacial score (nSPS) is 13.6. The van der Waals surface area contributed by atoms with Crippen molar-refractivity contribution in [3.8, 4) is 0 Å². The van der Waals surface area contributed by atoms with Gasteiger partial charge in [0.15, 0.2) is 0 Å². The molecule has 0 aliphatic carbocycles. The molecule has 1 aromatic heterocycles. The Morgan fingerprint density at radius 2 is 2.05 bits per heavy atom. The molecule has 2 N–H and O–H groups in total. The molecular weight excluding hydrogens is 282 g/mol. The lowest BCUT2D eigenvalue weighted by molar-refractivity contribution is 0.119. The van der Waals surface area contributed by atoms with Gasteiger partial charge in [0, 0.05) is 33.0 Å². The highest BCUT2D eigenvalue weighted by molar-refractivity contribution is 7.89. The number of methoxy groups -OCH3 is 2. The molecular formula is C12H21N3O4S. The fourth-order valence-corrected chi connectivity index (χ4v) is 3.31. The van der Waals surface area contributed by atoms with E-state index in [0.717, 1.165) is 0 Å². The van der Waals surface area contributed by atoms with E-state index in [9.17, 15) is 8.42 Å². The number of anilines is 1. The van der Waals surface area contributed by atoms with E-state index < -0.39 is 10.0 Å². The van der Waals surface area contributed by atoms with Crippen molar-refractivity contribution in [3.05, 3.63) is 18.3 Å². The Morgan fingerprint density at radius 3 is 2.55 bits per heavy atom. The Labute approximate surface area is 119 Å². The second kappa shape index (κ2) is 7.53. The molecule has 1 atom stereocenters.